The number of amides is 1. The number of nitrogens with one attached hydrogen (secondary N) is 1. The third-order valence-electron chi connectivity index (χ3n) is 4.69. The SMILES string of the molecule is CCCCCCCCCCC#Cc1cccc(C(O)C(CO)NC(C)=O)c1F. The highest BCUT2D eigenvalue weighted by Gasteiger charge is 2.24. The highest BCUT2D eigenvalue weighted by molar-refractivity contribution is 5.73. The Kier molecular flexibility index (Phi) is 12.2. The molecule has 0 aliphatic carbocycles. The maximum absolute atomic E-state index is 14.7. The lowest BCUT2D eigenvalue weighted by Gasteiger charge is -2.22. The van der Waals surface area contributed by atoms with E-state index in [2.05, 4.69) is 24.1 Å². The molecule has 0 aromatic heterocycles. The first-order chi connectivity index (χ1) is 13.5. The number of halogens is 1. The summed E-state index contributed by atoms with van der Waals surface area (Å²) in [5.41, 5.74) is 0.238. The summed E-state index contributed by atoms with van der Waals surface area (Å²) in [6, 6.07) is 3.66. The van der Waals surface area contributed by atoms with Crippen molar-refractivity contribution in [1.29, 1.82) is 0 Å². The maximum atomic E-state index is 14.7. The van der Waals surface area contributed by atoms with E-state index >= 15 is 0 Å². The van der Waals surface area contributed by atoms with Gasteiger partial charge < -0.3 is 15.5 Å². The van der Waals surface area contributed by atoms with Gasteiger partial charge in [0, 0.05) is 18.9 Å². The molecule has 1 rings (SSSR count). The van der Waals surface area contributed by atoms with Gasteiger partial charge in [0.25, 0.3) is 0 Å². The van der Waals surface area contributed by atoms with Gasteiger partial charge in [0.1, 0.15) is 11.9 Å². The van der Waals surface area contributed by atoms with E-state index in [1.54, 1.807) is 12.1 Å². The molecule has 0 aliphatic rings. The minimum absolute atomic E-state index is 0.0201. The first-order valence-electron chi connectivity index (χ1n) is 10.3. The van der Waals surface area contributed by atoms with E-state index in [9.17, 15) is 19.4 Å². The molecule has 3 N–H and O–H groups in total. The Balaban J connectivity index is 2.55. The molecule has 5 heteroatoms. The summed E-state index contributed by atoms with van der Waals surface area (Å²) in [6.07, 6.45) is 9.18. The molecular weight excluding hydrogens is 357 g/mol. The van der Waals surface area contributed by atoms with Gasteiger partial charge in [-0.15, -0.1) is 0 Å². The molecule has 0 bridgehead atoms. The quantitative estimate of drug-likeness (QED) is 0.369. The molecule has 1 aromatic rings. The third-order valence-corrected chi connectivity index (χ3v) is 4.69. The monoisotopic (exact) mass is 391 g/mol. The van der Waals surface area contributed by atoms with Gasteiger partial charge in [-0.1, -0.05) is 75.8 Å². The average molecular weight is 392 g/mol. The normalized spacial score (nSPS) is 12.8. The van der Waals surface area contributed by atoms with Crippen LogP contribution in [-0.2, 0) is 4.79 Å². The molecule has 0 radical (unpaired) electrons. The molecule has 0 spiro atoms. The Morgan fingerprint density at radius 3 is 2.39 bits per heavy atom. The van der Waals surface area contributed by atoms with E-state index in [0.717, 1.165) is 12.8 Å². The summed E-state index contributed by atoms with van der Waals surface area (Å²) < 4.78 is 14.7. The van der Waals surface area contributed by atoms with Crippen molar-refractivity contribution in [2.45, 2.75) is 83.8 Å². The van der Waals surface area contributed by atoms with Gasteiger partial charge in [-0.25, -0.2) is 4.39 Å². The molecule has 0 heterocycles. The highest BCUT2D eigenvalue weighted by atomic mass is 19.1. The van der Waals surface area contributed by atoms with Gasteiger partial charge in [-0.3, -0.25) is 4.79 Å². The van der Waals surface area contributed by atoms with Crippen molar-refractivity contribution in [3.8, 4) is 11.8 Å². The number of carbonyl (C=O) groups is 1. The predicted molar refractivity (Wildman–Crippen MR) is 110 cm³/mol. The molecule has 0 saturated carbocycles. The van der Waals surface area contributed by atoms with E-state index in [1.165, 1.54) is 51.5 Å². The lowest BCUT2D eigenvalue weighted by atomic mass is 9.99. The molecule has 4 nitrogen and oxygen atoms in total. The maximum Gasteiger partial charge on any atom is 0.217 e. The molecule has 0 fully saturated rings. The van der Waals surface area contributed by atoms with Gasteiger partial charge in [0.15, 0.2) is 0 Å². The summed E-state index contributed by atoms with van der Waals surface area (Å²) in [5, 5.41) is 22.1. The van der Waals surface area contributed by atoms with Crippen LogP contribution in [0.1, 0.15) is 88.9 Å². The van der Waals surface area contributed by atoms with E-state index in [4.69, 9.17) is 0 Å². The zero-order valence-corrected chi connectivity index (χ0v) is 17.1. The van der Waals surface area contributed by atoms with Crippen molar-refractivity contribution < 1.29 is 19.4 Å². The molecule has 1 aromatic carbocycles. The van der Waals surface area contributed by atoms with Crippen LogP contribution < -0.4 is 5.32 Å². The first kappa shape index (κ1) is 24.1. The van der Waals surface area contributed by atoms with Crippen LogP contribution in [0.15, 0.2) is 18.2 Å². The standard InChI is InChI=1S/C23H34FNO3/c1-3-4-5-6-7-8-9-10-11-12-14-19-15-13-16-20(22(19)24)23(28)21(17-26)25-18(2)27/h13,15-16,21,23,26,28H,3-11,17H2,1-2H3,(H,25,27). The van der Waals surface area contributed by atoms with Crippen molar-refractivity contribution in [2.75, 3.05) is 6.61 Å². The molecule has 0 aliphatic heterocycles. The number of hydrogen-bond donors (Lipinski definition) is 3. The van der Waals surface area contributed by atoms with Gasteiger partial charge >= 0.3 is 0 Å². The molecule has 0 saturated heterocycles. The molecule has 1 amide bonds. The Morgan fingerprint density at radius 2 is 1.79 bits per heavy atom. The van der Waals surface area contributed by atoms with Crippen LogP contribution in [0.3, 0.4) is 0 Å². The fraction of sp³-hybridized carbons (Fsp3) is 0.609. The van der Waals surface area contributed by atoms with E-state index < -0.39 is 30.5 Å². The third kappa shape index (κ3) is 8.86. The number of aliphatic hydroxyl groups is 2. The molecule has 2 atom stereocenters. The van der Waals surface area contributed by atoms with E-state index in [-0.39, 0.29) is 11.1 Å². The fourth-order valence-electron chi connectivity index (χ4n) is 3.08. The largest absolute Gasteiger partial charge is 0.394 e. The van der Waals surface area contributed by atoms with E-state index in [1.807, 2.05) is 0 Å². The second kappa shape index (κ2) is 14.1. The van der Waals surface area contributed by atoms with Crippen LogP contribution in [0.4, 0.5) is 4.39 Å². The summed E-state index contributed by atoms with van der Waals surface area (Å²) >= 11 is 0. The lowest BCUT2D eigenvalue weighted by molar-refractivity contribution is -0.121. The Morgan fingerprint density at radius 1 is 1.14 bits per heavy atom. The second-order valence-electron chi connectivity index (χ2n) is 7.17. The van der Waals surface area contributed by atoms with Crippen LogP contribution in [0.25, 0.3) is 0 Å². The van der Waals surface area contributed by atoms with Crippen LogP contribution in [0.2, 0.25) is 0 Å². The highest BCUT2D eigenvalue weighted by Crippen LogP contribution is 2.22. The second-order valence-corrected chi connectivity index (χ2v) is 7.17. The van der Waals surface area contributed by atoms with Crippen molar-refractivity contribution in [2.24, 2.45) is 0 Å². The molecule has 2 unspecified atom stereocenters. The summed E-state index contributed by atoms with van der Waals surface area (Å²) in [6.45, 7) is 3.00. The van der Waals surface area contributed by atoms with Crippen molar-refractivity contribution in [1.82, 2.24) is 5.32 Å². The van der Waals surface area contributed by atoms with Crippen molar-refractivity contribution in [3.05, 3.63) is 35.1 Å². The lowest BCUT2D eigenvalue weighted by Crippen LogP contribution is -2.41. The zero-order chi connectivity index (χ0) is 20.8. The van der Waals surface area contributed by atoms with Crippen LogP contribution in [0.5, 0.6) is 0 Å². The smallest absolute Gasteiger partial charge is 0.217 e. The van der Waals surface area contributed by atoms with Crippen molar-refractivity contribution in [3.63, 3.8) is 0 Å². The Hall–Kier alpha value is -1.90. The van der Waals surface area contributed by atoms with Gasteiger partial charge in [-0.2, -0.15) is 0 Å². The Labute approximate surface area is 168 Å². The molecule has 156 valence electrons. The predicted octanol–water partition coefficient (Wildman–Crippen LogP) is 4.24. The average Bonchev–Trinajstić information content (AvgIpc) is 2.68. The van der Waals surface area contributed by atoms with Gasteiger partial charge in [-0.05, 0) is 12.5 Å². The van der Waals surface area contributed by atoms with Crippen LogP contribution >= 0.6 is 0 Å². The van der Waals surface area contributed by atoms with Crippen LogP contribution in [-0.4, -0.2) is 28.8 Å². The zero-order valence-electron chi connectivity index (χ0n) is 17.1. The summed E-state index contributed by atoms with van der Waals surface area (Å²) in [4.78, 5) is 11.2. The number of unbranched alkanes of at least 4 members (excludes halogenated alkanes) is 8. The van der Waals surface area contributed by atoms with Gasteiger partial charge in [0.2, 0.25) is 5.91 Å². The van der Waals surface area contributed by atoms with Crippen molar-refractivity contribution >= 4 is 5.91 Å². The fourth-order valence-corrected chi connectivity index (χ4v) is 3.08. The number of benzene rings is 1. The van der Waals surface area contributed by atoms with E-state index in [0.29, 0.717) is 6.42 Å². The number of hydrogen-bond acceptors (Lipinski definition) is 3. The minimum Gasteiger partial charge on any atom is -0.394 e. The minimum atomic E-state index is -1.34. The summed E-state index contributed by atoms with van der Waals surface area (Å²) in [7, 11) is 0. The topological polar surface area (TPSA) is 69.6 Å². The number of carbonyl (C=O) groups excluding carboxylic acids is 1. The Bertz CT molecular complexity index is 651. The number of rotatable bonds is 12. The number of aliphatic hydroxyl groups excluding tert-OH is 2. The first-order valence-corrected chi connectivity index (χ1v) is 10.3. The molecular formula is C23H34FNO3. The van der Waals surface area contributed by atoms with Gasteiger partial charge in [0.05, 0.1) is 18.2 Å². The summed E-state index contributed by atoms with van der Waals surface area (Å²) in [5.74, 6) is 4.83. The van der Waals surface area contributed by atoms with Crippen LogP contribution in [0, 0.1) is 17.7 Å². The molecule has 28 heavy (non-hydrogen) atoms.